The maximum atomic E-state index is 9.32. The number of nitrogens with zero attached hydrogens (tertiary/aromatic N) is 5. The summed E-state index contributed by atoms with van der Waals surface area (Å²) in [5.74, 6) is 1.45. The maximum absolute atomic E-state index is 9.32. The molecule has 3 heterocycles. The van der Waals surface area contributed by atoms with Crippen LogP contribution in [-0.2, 0) is 6.42 Å². The molecule has 0 saturated carbocycles. The zero-order valence-electron chi connectivity index (χ0n) is 11.4. The highest BCUT2D eigenvalue weighted by atomic mass is 32.1. The number of fused-ring (bicyclic) bond motifs is 1. The molecule has 22 heavy (non-hydrogen) atoms. The Hall–Kier alpha value is -2.80. The van der Waals surface area contributed by atoms with Gasteiger partial charge < -0.3 is 5.11 Å². The van der Waals surface area contributed by atoms with Crippen LogP contribution in [0.1, 0.15) is 11.4 Å². The van der Waals surface area contributed by atoms with Crippen molar-refractivity contribution < 1.29 is 5.11 Å². The lowest BCUT2D eigenvalue weighted by Gasteiger charge is -2.01. The number of phenolic OH excluding ortho intramolecular Hbond substituents is 1. The lowest BCUT2D eigenvalue weighted by Crippen LogP contribution is -2.01. The topological polar surface area (TPSA) is 76.2 Å². The average molecular weight is 309 g/mol. The lowest BCUT2D eigenvalue weighted by atomic mass is 10.1. The molecule has 0 unspecified atom stereocenters. The van der Waals surface area contributed by atoms with Crippen molar-refractivity contribution in [3.63, 3.8) is 0 Å². The van der Waals surface area contributed by atoms with Crippen LogP contribution >= 0.6 is 11.3 Å². The molecule has 0 amide bonds. The standard InChI is InChI=1S/C15H11N5OS/c21-11-5-3-10(4-6-11)8-14-18-19-15-17-12(9-16-20(14)15)13-2-1-7-22-13/h1-7,9,21H,8H2. The molecule has 6 nitrogen and oxygen atoms in total. The van der Waals surface area contributed by atoms with Gasteiger partial charge in [-0.15, -0.1) is 21.5 Å². The van der Waals surface area contributed by atoms with Gasteiger partial charge in [0.1, 0.15) is 11.4 Å². The Kier molecular flexibility index (Phi) is 3.05. The molecule has 0 aliphatic rings. The zero-order chi connectivity index (χ0) is 14.9. The first kappa shape index (κ1) is 12.9. The molecule has 108 valence electrons. The van der Waals surface area contributed by atoms with E-state index in [1.165, 1.54) is 0 Å². The number of phenols is 1. The fourth-order valence-electron chi connectivity index (χ4n) is 2.19. The molecule has 0 aliphatic heterocycles. The number of aromatic hydroxyl groups is 1. The molecule has 0 atom stereocenters. The SMILES string of the molecule is Oc1ccc(Cc2nnc3nc(-c4cccs4)cnn23)cc1. The second-order valence-electron chi connectivity index (χ2n) is 4.79. The molecule has 4 rings (SSSR count). The van der Waals surface area contributed by atoms with Crippen molar-refractivity contribution in [1.29, 1.82) is 0 Å². The Labute approximate surface area is 129 Å². The summed E-state index contributed by atoms with van der Waals surface area (Å²) in [5.41, 5.74) is 1.82. The summed E-state index contributed by atoms with van der Waals surface area (Å²) in [6.07, 6.45) is 2.30. The summed E-state index contributed by atoms with van der Waals surface area (Å²) in [4.78, 5) is 5.55. The number of hydrogen-bond donors (Lipinski definition) is 1. The molecule has 0 aliphatic carbocycles. The fourth-order valence-corrected chi connectivity index (χ4v) is 2.87. The first-order chi connectivity index (χ1) is 10.8. The molecule has 0 fully saturated rings. The van der Waals surface area contributed by atoms with Crippen LogP contribution in [0.15, 0.2) is 48.0 Å². The molecule has 0 saturated heterocycles. The summed E-state index contributed by atoms with van der Waals surface area (Å²) in [7, 11) is 0. The van der Waals surface area contributed by atoms with E-state index in [1.54, 1.807) is 34.2 Å². The van der Waals surface area contributed by atoms with E-state index in [4.69, 9.17) is 0 Å². The normalized spacial score (nSPS) is 11.1. The third-order valence-electron chi connectivity index (χ3n) is 3.28. The van der Waals surface area contributed by atoms with Crippen molar-refractivity contribution >= 4 is 17.1 Å². The minimum absolute atomic E-state index is 0.246. The van der Waals surface area contributed by atoms with Crippen molar-refractivity contribution in [2.75, 3.05) is 0 Å². The van der Waals surface area contributed by atoms with Crippen molar-refractivity contribution in [3.05, 3.63) is 59.4 Å². The molecule has 1 aromatic carbocycles. The largest absolute Gasteiger partial charge is 0.508 e. The van der Waals surface area contributed by atoms with Gasteiger partial charge in [0.2, 0.25) is 0 Å². The quantitative estimate of drug-likeness (QED) is 0.629. The monoisotopic (exact) mass is 309 g/mol. The lowest BCUT2D eigenvalue weighted by molar-refractivity contribution is 0.475. The van der Waals surface area contributed by atoms with Gasteiger partial charge in [-0.3, -0.25) is 0 Å². The van der Waals surface area contributed by atoms with Gasteiger partial charge in [-0.1, -0.05) is 18.2 Å². The molecular formula is C15H11N5OS. The van der Waals surface area contributed by atoms with Crippen LogP contribution in [0.3, 0.4) is 0 Å². The second kappa shape index (κ2) is 5.19. The Morgan fingerprint density at radius 3 is 2.73 bits per heavy atom. The Morgan fingerprint density at radius 2 is 1.95 bits per heavy atom. The Bertz CT molecular complexity index is 915. The van der Waals surface area contributed by atoms with Crippen LogP contribution in [0.5, 0.6) is 5.75 Å². The predicted octanol–water partition coefficient (Wildman–Crippen LogP) is 2.54. The van der Waals surface area contributed by atoms with Crippen LogP contribution < -0.4 is 0 Å². The van der Waals surface area contributed by atoms with E-state index in [0.29, 0.717) is 18.0 Å². The van der Waals surface area contributed by atoms with Crippen molar-refractivity contribution in [1.82, 2.24) is 24.8 Å². The summed E-state index contributed by atoms with van der Waals surface area (Å²) in [6.45, 7) is 0. The number of hydrogen-bond acceptors (Lipinski definition) is 6. The molecule has 0 spiro atoms. The molecule has 7 heteroatoms. The third kappa shape index (κ3) is 2.31. The van der Waals surface area contributed by atoms with E-state index in [1.807, 2.05) is 29.6 Å². The summed E-state index contributed by atoms with van der Waals surface area (Å²) in [5, 5.41) is 24.0. The molecule has 3 aromatic heterocycles. The van der Waals surface area contributed by atoms with Gasteiger partial charge in [-0.05, 0) is 29.1 Å². The van der Waals surface area contributed by atoms with E-state index >= 15 is 0 Å². The summed E-state index contributed by atoms with van der Waals surface area (Å²) in [6, 6.07) is 11.0. The molecule has 4 aromatic rings. The van der Waals surface area contributed by atoms with Gasteiger partial charge in [-0.2, -0.15) is 9.61 Å². The van der Waals surface area contributed by atoms with Gasteiger partial charge in [0.05, 0.1) is 11.1 Å². The second-order valence-corrected chi connectivity index (χ2v) is 5.74. The Balaban J connectivity index is 1.69. The van der Waals surface area contributed by atoms with E-state index < -0.39 is 0 Å². The first-order valence-corrected chi connectivity index (χ1v) is 7.57. The van der Waals surface area contributed by atoms with Crippen LogP contribution in [0, 0.1) is 0 Å². The van der Waals surface area contributed by atoms with E-state index in [9.17, 15) is 5.11 Å². The van der Waals surface area contributed by atoms with Crippen LogP contribution in [0.2, 0.25) is 0 Å². The molecular weight excluding hydrogens is 298 g/mol. The van der Waals surface area contributed by atoms with Crippen LogP contribution in [0.25, 0.3) is 16.3 Å². The molecule has 0 radical (unpaired) electrons. The van der Waals surface area contributed by atoms with Gasteiger partial charge in [0, 0.05) is 6.42 Å². The third-order valence-corrected chi connectivity index (χ3v) is 4.17. The van der Waals surface area contributed by atoms with Gasteiger partial charge in [-0.25, -0.2) is 4.98 Å². The molecule has 1 N–H and O–H groups in total. The minimum atomic E-state index is 0.246. The zero-order valence-corrected chi connectivity index (χ0v) is 12.2. The number of benzene rings is 1. The number of rotatable bonds is 3. The van der Waals surface area contributed by atoms with E-state index in [2.05, 4.69) is 20.3 Å². The van der Waals surface area contributed by atoms with Gasteiger partial charge in [0.25, 0.3) is 5.78 Å². The van der Waals surface area contributed by atoms with Crippen molar-refractivity contribution in [3.8, 4) is 16.3 Å². The fraction of sp³-hybridized carbons (Fsp3) is 0.0667. The predicted molar refractivity (Wildman–Crippen MR) is 82.8 cm³/mol. The molecule has 0 bridgehead atoms. The Morgan fingerprint density at radius 1 is 1.09 bits per heavy atom. The summed E-state index contributed by atoms with van der Waals surface area (Å²) < 4.78 is 1.64. The first-order valence-electron chi connectivity index (χ1n) is 6.69. The minimum Gasteiger partial charge on any atom is -0.508 e. The van der Waals surface area contributed by atoms with E-state index in [0.717, 1.165) is 16.1 Å². The number of thiophene rings is 1. The van der Waals surface area contributed by atoms with E-state index in [-0.39, 0.29) is 5.75 Å². The highest BCUT2D eigenvalue weighted by Gasteiger charge is 2.11. The highest BCUT2D eigenvalue weighted by Crippen LogP contribution is 2.22. The smallest absolute Gasteiger partial charge is 0.272 e. The summed E-state index contributed by atoms with van der Waals surface area (Å²) >= 11 is 1.61. The maximum Gasteiger partial charge on any atom is 0.272 e. The van der Waals surface area contributed by atoms with Gasteiger partial charge >= 0.3 is 0 Å². The highest BCUT2D eigenvalue weighted by molar-refractivity contribution is 7.13. The van der Waals surface area contributed by atoms with Crippen molar-refractivity contribution in [2.45, 2.75) is 6.42 Å². The van der Waals surface area contributed by atoms with Gasteiger partial charge in [0.15, 0.2) is 5.82 Å². The van der Waals surface area contributed by atoms with Crippen LogP contribution in [-0.4, -0.2) is 29.9 Å². The van der Waals surface area contributed by atoms with Crippen LogP contribution in [0.4, 0.5) is 0 Å². The average Bonchev–Trinajstić information content (AvgIpc) is 3.19. The number of aromatic nitrogens is 5. The van der Waals surface area contributed by atoms with Crippen molar-refractivity contribution in [2.24, 2.45) is 0 Å².